The number of benzene rings is 1. The summed E-state index contributed by atoms with van der Waals surface area (Å²) < 4.78 is 12.2. The number of pyridine rings is 1. The molecule has 2 aromatic heterocycles. The number of ether oxygens (including phenoxy) is 2. The lowest BCUT2D eigenvalue weighted by Crippen LogP contribution is -2.36. The molecular formula is C22H25N5O4S. The summed E-state index contributed by atoms with van der Waals surface area (Å²) >= 11 is 5.34. The number of morpholine rings is 1. The molecule has 4 rings (SSSR count). The molecule has 0 unspecified atom stereocenters. The number of carbonyl (C=O) groups is 1. The number of methoxy groups -OCH3 is 1. The quantitative estimate of drug-likeness (QED) is 0.417. The van der Waals surface area contributed by atoms with Gasteiger partial charge in [-0.2, -0.15) is 0 Å². The molecule has 1 saturated heterocycles. The van der Waals surface area contributed by atoms with Crippen molar-refractivity contribution in [2.45, 2.75) is 13.0 Å². The van der Waals surface area contributed by atoms with Crippen LogP contribution in [0.2, 0.25) is 0 Å². The molecule has 0 saturated carbocycles. The summed E-state index contributed by atoms with van der Waals surface area (Å²) in [6.45, 7) is 4.04. The molecule has 32 heavy (non-hydrogen) atoms. The Balaban J connectivity index is 1.50. The standard InChI is InChI=1S/C22H25N5O4S/c1-30-10-2-7-27-21(29)17-5-3-15(13-18(17)24-22(27)32)20(28)25-19-6-4-16(14-23-19)26-8-11-31-12-9-26/h3-6,13-14H,2,7-12H2,1H3,(H,24,32)(H,23,25,28). The largest absolute Gasteiger partial charge is 0.385 e. The lowest BCUT2D eigenvalue weighted by atomic mass is 10.1. The van der Waals surface area contributed by atoms with Crippen LogP contribution in [-0.4, -0.2) is 60.5 Å². The maximum absolute atomic E-state index is 12.8. The van der Waals surface area contributed by atoms with Crippen molar-refractivity contribution in [1.82, 2.24) is 14.5 Å². The molecule has 1 amide bonds. The fraction of sp³-hybridized carbons (Fsp3) is 0.364. The summed E-state index contributed by atoms with van der Waals surface area (Å²) in [4.78, 5) is 35.1. The van der Waals surface area contributed by atoms with Crippen LogP contribution in [0.3, 0.4) is 0 Å². The molecule has 0 bridgehead atoms. The lowest BCUT2D eigenvalue weighted by Gasteiger charge is -2.28. The highest BCUT2D eigenvalue weighted by atomic mass is 32.1. The van der Waals surface area contributed by atoms with Gasteiger partial charge in [-0.1, -0.05) is 0 Å². The van der Waals surface area contributed by atoms with E-state index in [0.29, 0.717) is 59.8 Å². The zero-order valence-corrected chi connectivity index (χ0v) is 18.6. The second kappa shape index (κ2) is 10.0. The van der Waals surface area contributed by atoms with Crippen molar-refractivity contribution in [3.8, 4) is 0 Å². The number of hydrogen-bond donors (Lipinski definition) is 2. The van der Waals surface area contributed by atoms with Crippen molar-refractivity contribution in [3.05, 3.63) is 57.2 Å². The Bertz CT molecular complexity index is 1220. The van der Waals surface area contributed by atoms with E-state index in [-0.39, 0.29) is 11.5 Å². The summed E-state index contributed by atoms with van der Waals surface area (Å²) in [6.07, 6.45) is 2.42. The van der Waals surface area contributed by atoms with E-state index >= 15 is 0 Å². The summed E-state index contributed by atoms with van der Waals surface area (Å²) in [7, 11) is 1.62. The van der Waals surface area contributed by atoms with E-state index in [1.165, 1.54) is 4.57 Å². The SMILES string of the molecule is COCCCn1c(=S)[nH]c2cc(C(=O)Nc3ccc(N4CCOCC4)cn3)ccc2c1=O. The van der Waals surface area contributed by atoms with Gasteiger partial charge in [0.1, 0.15) is 5.82 Å². The molecule has 1 aromatic carbocycles. The van der Waals surface area contributed by atoms with Crippen LogP contribution in [0.25, 0.3) is 10.9 Å². The van der Waals surface area contributed by atoms with E-state index in [4.69, 9.17) is 21.7 Å². The second-order valence-corrected chi connectivity index (χ2v) is 7.84. The highest BCUT2D eigenvalue weighted by Gasteiger charge is 2.13. The van der Waals surface area contributed by atoms with Gasteiger partial charge in [-0.25, -0.2) is 4.98 Å². The molecule has 0 radical (unpaired) electrons. The van der Waals surface area contributed by atoms with E-state index in [9.17, 15) is 9.59 Å². The van der Waals surface area contributed by atoms with Crippen LogP contribution in [0.4, 0.5) is 11.5 Å². The van der Waals surface area contributed by atoms with Gasteiger partial charge in [0.2, 0.25) is 0 Å². The Kier molecular flexibility index (Phi) is 6.93. The molecule has 9 nitrogen and oxygen atoms in total. The third-order valence-electron chi connectivity index (χ3n) is 5.34. The summed E-state index contributed by atoms with van der Waals surface area (Å²) in [5, 5.41) is 3.27. The minimum absolute atomic E-state index is 0.188. The Morgan fingerprint density at radius 1 is 1.28 bits per heavy atom. The van der Waals surface area contributed by atoms with Crippen LogP contribution < -0.4 is 15.8 Å². The molecule has 0 spiro atoms. The highest BCUT2D eigenvalue weighted by Crippen LogP contribution is 2.18. The molecule has 1 aliphatic heterocycles. The van der Waals surface area contributed by atoms with E-state index in [1.807, 2.05) is 6.07 Å². The average Bonchev–Trinajstić information content (AvgIpc) is 2.82. The molecule has 0 atom stereocenters. The number of nitrogens with one attached hydrogen (secondary N) is 2. The van der Waals surface area contributed by atoms with Crippen LogP contribution >= 0.6 is 12.2 Å². The molecule has 10 heteroatoms. The predicted octanol–water partition coefficient (Wildman–Crippen LogP) is 2.58. The first-order valence-corrected chi connectivity index (χ1v) is 10.8. The van der Waals surface area contributed by atoms with Crippen LogP contribution in [0, 0.1) is 4.77 Å². The van der Waals surface area contributed by atoms with Gasteiger partial charge in [0.25, 0.3) is 11.5 Å². The maximum atomic E-state index is 12.8. The van der Waals surface area contributed by atoms with Gasteiger partial charge in [0.15, 0.2) is 4.77 Å². The number of rotatable bonds is 7. The third kappa shape index (κ3) is 4.87. The van der Waals surface area contributed by atoms with Crippen molar-refractivity contribution in [2.24, 2.45) is 0 Å². The number of aromatic nitrogens is 3. The molecule has 3 heterocycles. The third-order valence-corrected chi connectivity index (χ3v) is 5.66. The summed E-state index contributed by atoms with van der Waals surface area (Å²) in [5.74, 6) is 0.135. The normalized spacial score (nSPS) is 14.0. The van der Waals surface area contributed by atoms with Crippen LogP contribution in [0.1, 0.15) is 16.8 Å². The van der Waals surface area contributed by atoms with Gasteiger partial charge in [-0.05, 0) is 49.0 Å². The smallest absolute Gasteiger partial charge is 0.262 e. The average molecular weight is 456 g/mol. The van der Waals surface area contributed by atoms with Gasteiger partial charge >= 0.3 is 0 Å². The van der Waals surface area contributed by atoms with Gasteiger partial charge in [-0.15, -0.1) is 0 Å². The number of H-pyrrole nitrogens is 1. The Labute approximate surface area is 190 Å². The number of amides is 1. The Morgan fingerprint density at radius 3 is 2.81 bits per heavy atom. The van der Waals surface area contributed by atoms with Crippen LogP contribution in [0.15, 0.2) is 41.3 Å². The van der Waals surface area contributed by atoms with Crippen molar-refractivity contribution in [1.29, 1.82) is 0 Å². The minimum Gasteiger partial charge on any atom is -0.385 e. The Morgan fingerprint density at radius 2 is 2.09 bits per heavy atom. The molecule has 1 aliphatic rings. The topological polar surface area (TPSA) is 101 Å². The molecule has 3 aromatic rings. The van der Waals surface area contributed by atoms with E-state index < -0.39 is 0 Å². The van der Waals surface area contributed by atoms with Crippen LogP contribution in [-0.2, 0) is 16.0 Å². The van der Waals surface area contributed by atoms with Gasteiger partial charge in [0, 0.05) is 38.9 Å². The minimum atomic E-state index is -0.317. The molecule has 0 aliphatic carbocycles. The first-order valence-electron chi connectivity index (χ1n) is 10.4. The first-order chi connectivity index (χ1) is 15.6. The van der Waals surface area contributed by atoms with Crippen molar-refractivity contribution in [3.63, 3.8) is 0 Å². The summed E-state index contributed by atoms with van der Waals surface area (Å²) in [6, 6.07) is 8.59. The van der Waals surface area contributed by atoms with Crippen molar-refractivity contribution in [2.75, 3.05) is 50.2 Å². The van der Waals surface area contributed by atoms with Crippen molar-refractivity contribution >= 4 is 40.5 Å². The van der Waals surface area contributed by atoms with E-state index in [0.717, 1.165) is 18.8 Å². The molecule has 168 valence electrons. The number of carbonyl (C=O) groups excluding carboxylic acids is 1. The molecular weight excluding hydrogens is 430 g/mol. The number of anilines is 2. The molecule has 2 N–H and O–H groups in total. The predicted molar refractivity (Wildman–Crippen MR) is 125 cm³/mol. The summed E-state index contributed by atoms with van der Waals surface area (Å²) in [5.41, 5.74) is 1.73. The van der Waals surface area contributed by atoms with Gasteiger partial charge in [0.05, 0.1) is 36.0 Å². The highest BCUT2D eigenvalue weighted by molar-refractivity contribution is 7.71. The maximum Gasteiger partial charge on any atom is 0.262 e. The first kappa shape index (κ1) is 22.1. The fourth-order valence-corrected chi connectivity index (χ4v) is 3.91. The number of fused-ring (bicyclic) bond motifs is 1. The zero-order chi connectivity index (χ0) is 22.5. The fourth-order valence-electron chi connectivity index (χ4n) is 3.62. The van der Waals surface area contributed by atoms with E-state index in [1.54, 1.807) is 37.6 Å². The van der Waals surface area contributed by atoms with E-state index in [2.05, 4.69) is 20.2 Å². The monoisotopic (exact) mass is 455 g/mol. The Hall–Kier alpha value is -3.08. The lowest BCUT2D eigenvalue weighted by molar-refractivity contribution is 0.102. The molecule has 1 fully saturated rings. The number of nitrogens with zero attached hydrogens (tertiary/aromatic N) is 3. The zero-order valence-electron chi connectivity index (χ0n) is 17.8. The second-order valence-electron chi connectivity index (χ2n) is 7.45. The van der Waals surface area contributed by atoms with Crippen molar-refractivity contribution < 1.29 is 14.3 Å². The van der Waals surface area contributed by atoms with Crippen LogP contribution in [0.5, 0.6) is 0 Å². The number of aromatic amines is 1. The van der Waals surface area contributed by atoms with Gasteiger partial charge < -0.3 is 24.7 Å². The van der Waals surface area contributed by atoms with Gasteiger partial charge in [-0.3, -0.25) is 14.2 Å². The number of hydrogen-bond acceptors (Lipinski definition) is 7.